The van der Waals surface area contributed by atoms with Crippen LogP contribution in [-0.2, 0) is 0 Å². The van der Waals surface area contributed by atoms with Crippen LogP contribution >= 0.6 is 27.5 Å². The minimum atomic E-state index is -0.379. The van der Waals surface area contributed by atoms with Crippen LogP contribution in [0.15, 0.2) is 41.1 Å². The molecular weight excluding hydrogens is 332 g/mol. The highest BCUT2D eigenvalue weighted by atomic mass is 79.9. The highest BCUT2D eigenvalue weighted by molar-refractivity contribution is 9.10. The first-order valence-electron chi connectivity index (χ1n) is 5.37. The third-order valence-corrected chi connectivity index (χ3v) is 3.71. The van der Waals surface area contributed by atoms with E-state index >= 15 is 0 Å². The Morgan fingerprint density at radius 1 is 1.11 bits per heavy atom. The van der Waals surface area contributed by atoms with E-state index in [1.165, 1.54) is 12.4 Å². The molecule has 0 saturated carbocycles. The predicted octanol–water partition coefficient (Wildman–Crippen LogP) is 3.30. The molecule has 2 heterocycles. The number of halogens is 2. The summed E-state index contributed by atoms with van der Waals surface area (Å²) < 4.78 is 0.586. The van der Waals surface area contributed by atoms with Crippen molar-refractivity contribution in [3.8, 4) is 0 Å². The van der Waals surface area contributed by atoms with Gasteiger partial charge in [-0.1, -0.05) is 11.6 Å². The molecule has 19 heavy (non-hydrogen) atoms. The van der Waals surface area contributed by atoms with Gasteiger partial charge in [0.15, 0.2) is 0 Å². The van der Waals surface area contributed by atoms with E-state index < -0.39 is 0 Å². The van der Waals surface area contributed by atoms with E-state index in [4.69, 9.17) is 11.6 Å². The Labute approximate surface area is 122 Å². The number of amides is 2. The van der Waals surface area contributed by atoms with Gasteiger partial charge in [-0.2, -0.15) is 0 Å². The van der Waals surface area contributed by atoms with Gasteiger partial charge >= 0.3 is 0 Å². The average molecular weight is 338 g/mol. The smallest absolute Gasteiger partial charge is 0.267 e. The number of benzene rings is 1. The largest absolute Gasteiger partial charge is 0.268 e. The lowest BCUT2D eigenvalue weighted by Crippen LogP contribution is -2.29. The second kappa shape index (κ2) is 4.43. The number of hydrogen-bond donors (Lipinski definition) is 0. The number of imide groups is 1. The van der Waals surface area contributed by atoms with Gasteiger partial charge in [-0.15, -0.1) is 0 Å². The first kappa shape index (κ1) is 12.3. The average Bonchev–Trinajstić information content (AvgIpc) is 2.64. The second-order valence-corrected chi connectivity index (χ2v) is 5.25. The van der Waals surface area contributed by atoms with Crippen LogP contribution in [-0.4, -0.2) is 16.8 Å². The second-order valence-electron chi connectivity index (χ2n) is 3.96. The summed E-state index contributed by atoms with van der Waals surface area (Å²) in [5.41, 5.74) is 1.15. The highest BCUT2D eigenvalue weighted by Gasteiger charge is 2.37. The van der Waals surface area contributed by atoms with Gasteiger partial charge in [0.05, 0.1) is 16.8 Å². The zero-order valence-corrected chi connectivity index (χ0v) is 11.8. The molecule has 0 N–H and O–H groups in total. The van der Waals surface area contributed by atoms with E-state index in [9.17, 15) is 9.59 Å². The lowest BCUT2D eigenvalue weighted by atomic mass is 10.2. The molecule has 0 unspecified atom stereocenters. The van der Waals surface area contributed by atoms with Crippen molar-refractivity contribution >= 4 is 45.0 Å². The van der Waals surface area contributed by atoms with E-state index in [-0.39, 0.29) is 11.8 Å². The van der Waals surface area contributed by atoms with Gasteiger partial charge in [0, 0.05) is 21.9 Å². The first-order valence-corrected chi connectivity index (χ1v) is 6.54. The quantitative estimate of drug-likeness (QED) is 0.750. The third kappa shape index (κ3) is 1.86. The molecule has 1 aliphatic heterocycles. The molecular formula is C13H6BrClN2O2. The molecule has 3 rings (SSSR count). The van der Waals surface area contributed by atoms with Crippen molar-refractivity contribution in [2.75, 3.05) is 4.90 Å². The Morgan fingerprint density at radius 2 is 1.84 bits per heavy atom. The number of aromatic nitrogens is 1. The zero-order chi connectivity index (χ0) is 13.6. The fraction of sp³-hybridized carbons (Fsp3) is 0. The number of carbonyl (C=O) groups excluding carboxylic acids is 2. The summed E-state index contributed by atoms with van der Waals surface area (Å²) >= 11 is 9.17. The topological polar surface area (TPSA) is 50.3 Å². The molecule has 0 radical (unpaired) electrons. The van der Waals surface area contributed by atoms with Crippen LogP contribution in [0.25, 0.3) is 0 Å². The Balaban J connectivity index is 2.14. The van der Waals surface area contributed by atoms with Crippen molar-refractivity contribution in [2.45, 2.75) is 0 Å². The third-order valence-electron chi connectivity index (χ3n) is 2.84. The zero-order valence-electron chi connectivity index (χ0n) is 9.43. The van der Waals surface area contributed by atoms with Crippen LogP contribution in [0.3, 0.4) is 0 Å². The van der Waals surface area contributed by atoms with Gasteiger partial charge in [0.1, 0.15) is 0 Å². The number of pyridine rings is 1. The lowest BCUT2D eigenvalue weighted by Gasteiger charge is -2.15. The molecule has 1 aliphatic rings. The van der Waals surface area contributed by atoms with E-state index in [0.717, 1.165) is 4.90 Å². The number of rotatable bonds is 1. The molecule has 1 aromatic heterocycles. The minimum absolute atomic E-state index is 0.314. The summed E-state index contributed by atoms with van der Waals surface area (Å²) in [5.74, 6) is -0.735. The van der Waals surface area contributed by atoms with Crippen LogP contribution in [0.2, 0.25) is 5.02 Å². The number of anilines is 1. The molecule has 0 atom stereocenters. The van der Waals surface area contributed by atoms with E-state index in [2.05, 4.69) is 20.9 Å². The maximum Gasteiger partial charge on any atom is 0.267 e. The molecule has 2 amide bonds. The predicted molar refractivity (Wildman–Crippen MR) is 74.5 cm³/mol. The Bertz CT molecular complexity index is 683. The lowest BCUT2D eigenvalue weighted by molar-refractivity contribution is 0.0926. The van der Waals surface area contributed by atoms with Gasteiger partial charge in [-0.3, -0.25) is 14.6 Å². The fourth-order valence-corrected chi connectivity index (χ4v) is 2.83. The molecule has 0 bridgehead atoms. The van der Waals surface area contributed by atoms with E-state index in [1.807, 2.05) is 0 Å². The molecule has 2 aromatic rings. The molecule has 0 spiro atoms. The van der Waals surface area contributed by atoms with Crippen molar-refractivity contribution in [2.24, 2.45) is 0 Å². The number of carbonyl (C=O) groups is 2. The first-order chi connectivity index (χ1) is 9.09. The SMILES string of the molecule is O=C1c2ccncc2C(=O)N1c1ccc(Cl)cc1Br. The van der Waals surface area contributed by atoms with Crippen LogP contribution in [0.4, 0.5) is 5.69 Å². The summed E-state index contributed by atoms with van der Waals surface area (Å²) in [4.78, 5) is 29.5. The standard InChI is InChI=1S/C13H6BrClN2O2/c14-10-5-7(15)1-2-11(10)17-12(18)8-3-4-16-6-9(8)13(17)19/h1-6H. The molecule has 0 saturated heterocycles. The summed E-state index contributed by atoms with van der Waals surface area (Å²) in [7, 11) is 0. The van der Waals surface area contributed by atoms with Gasteiger partial charge < -0.3 is 0 Å². The minimum Gasteiger partial charge on any atom is -0.268 e. The number of hydrogen-bond acceptors (Lipinski definition) is 3. The Hall–Kier alpha value is -1.72. The van der Waals surface area contributed by atoms with Crippen LogP contribution in [0.1, 0.15) is 20.7 Å². The van der Waals surface area contributed by atoms with Crippen molar-refractivity contribution in [3.05, 3.63) is 57.3 Å². The maximum absolute atomic E-state index is 12.3. The summed E-state index contributed by atoms with van der Waals surface area (Å²) in [6.07, 6.45) is 2.89. The van der Waals surface area contributed by atoms with Gasteiger partial charge in [0.25, 0.3) is 11.8 Å². The number of nitrogens with zero attached hydrogens (tertiary/aromatic N) is 2. The van der Waals surface area contributed by atoms with Crippen molar-refractivity contribution < 1.29 is 9.59 Å². The van der Waals surface area contributed by atoms with Gasteiger partial charge in [0.2, 0.25) is 0 Å². The summed E-state index contributed by atoms with van der Waals surface area (Å²) in [6.45, 7) is 0. The normalized spacial score (nSPS) is 13.9. The van der Waals surface area contributed by atoms with E-state index in [0.29, 0.717) is 26.3 Å². The molecule has 94 valence electrons. The highest BCUT2D eigenvalue weighted by Crippen LogP contribution is 2.34. The van der Waals surface area contributed by atoms with E-state index in [1.54, 1.807) is 24.3 Å². The number of fused-ring (bicyclic) bond motifs is 1. The Kier molecular flexibility index (Phi) is 2.88. The van der Waals surface area contributed by atoms with Crippen LogP contribution in [0, 0.1) is 0 Å². The molecule has 0 fully saturated rings. The van der Waals surface area contributed by atoms with Gasteiger partial charge in [-0.05, 0) is 40.2 Å². The summed E-state index contributed by atoms with van der Waals surface area (Å²) in [6, 6.07) is 6.43. The fourth-order valence-electron chi connectivity index (χ4n) is 1.97. The monoisotopic (exact) mass is 336 g/mol. The van der Waals surface area contributed by atoms with Crippen molar-refractivity contribution in [1.82, 2.24) is 4.98 Å². The maximum atomic E-state index is 12.3. The molecule has 6 heteroatoms. The van der Waals surface area contributed by atoms with Crippen LogP contribution < -0.4 is 4.90 Å². The molecule has 1 aromatic carbocycles. The van der Waals surface area contributed by atoms with Crippen LogP contribution in [0.5, 0.6) is 0 Å². The summed E-state index contributed by atoms with van der Waals surface area (Å²) in [5, 5.41) is 0.522. The Morgan fingerprint density at radius 3 is 2.53 bits per heavy atom. The molecule has 0 aliphatic carbocycles. The van der Waals surface area contributed by atoms with Crippen molar-refractivity contribution in [3.63, 3.8) is 0 Å². The van der Waals surface area contributed by atoms with Crippen molar-refractivity contribution in [1.29, 1.82) is 0 Å². The van der Waals surface area contributed by atoms with Gasteiger partial charge in [-0.25, -0.2) is 4.90 Å². The molecule has 4 nitrogen and oxygen atoms in total.